The van der Waals surface area contributed by atoms with Gasteiger partial charge in [-0.3, -0.25) is 4.98 Å². The van der Waals surface area contributed by atoms with Gasteiger partial charge in [0, 0.05) is 11.1 Å². The van der Waals surface area contributed by atoms with Crippen molar-refractivity contribution in [1.82, 2.24) is 14.8 Å². The third-order valence-corrected chi connectivity index (χ3v) is 2.67. The van der Waals surface area contributed by atoms with Crippen LogP contribution in [0.2, 0.25) is 0 Å². The van der Waals surface area contributed by atoms with E-state index in [9.17, 15) is 0 Å². The van der Waals surface area contributed by atoms with Crippen molar-refractivity contribution < 1.29 is 0 Å². The summed E-state index contributed by atoms with van der Waals surface area (Å²) in [4.78, 5) is 4.50. The molecule has 3 aromatic rings. The molecule has 84 valence electrons. The molecular formula is C13H12N4. The number of benzene rings is 1. The lowest BCUT2D eigenvalue weighted by atomic mass is 10.1. The van der Waals surface area contributed by atoms with E-state index in [-0.39, 0.29) is 0 Å². The van der Waals surface area contributed by atoms with E-state index < -0.39 is 0 Å². The summed E-state index contributed by atoms with van der Waals surface area (Å²) in [6.07, 6.45) is 3.45. The lowest BCUT2D eigenvalue weighted by Gasteiger charge is -2.07. The molecule has 0 aliphatic rings. The zero-order chi connectivity index (χ0) is 11.8. The largest absolute Gasteiger partial charge is 0.396 e. The fourth-order valence-corrected chi connectivity index (χ4v) is 1.94. The average Bonchev–Trinajstić information content (AvgIpc) is 2.74. The summed E-state index contributed by atoms with van der Waals surface area (Å²) in [5.74, 6) is 0. The Morgan fingerprint density at radius 1 is 1.24 bits per heavy atom. The minimum absolute atomic E-state index is 0.656. The molecule has 1 aromatic carbocycles. The minimum atomic E-state index is 0.656. The number of nitrogens with zero attached hydrogens (tertiary/aromatic N) is 3. The molecule has 0 unspecified atom stereocenters. The summed E-state index contributed by atoms with van der Waals surface area (Å²) >= 11 is 0. The molecule has 0 aliphatic heterocycles. The van der Waals surface area contributed by atoms with Crippen LogP contribution in [0.4, 0.5) is 5.69 Å². The smallest absolute Gasteiger partial charge is 0.0758 e. The van der Waals surface area contributed by atoms with Crippen molar-refractivity contribution in [1.29, 1.82) is 0 Å². The maximum atomic E-state index is 5.70. The molecule has 17 heavy (non-hydrogen) atoms. The van der Waals surface area contributed by atoms with Crippen LogP contribution >= 0.6 is 0 Å². The van der Waals surface area contributed by atoms with Crippen molar-refractivity contribution in [3.05, 3.63) is 48.4 Å². The van der Waals surface area contributed by atoms with E-state index >= 15 is 0 Å². The lowest BCUT2D eigenvalue weighted by Crippen LogP contribution is -1.98. The highest BCUT2D eigenvalue weighted by molar-refractivity contribution is 5.87. The van der Waals surface area contributed by atoms with E-state index in [0.29, 0.717) is 5.69 Å². The summed E-state index contributed by atoms with van der Waals surface area (Å²) in [6, 6.07) is 10.0. The molecule has 2 aromatic heterocycles. The van der Waals surface area contributed by atoms with Crippen molar-refractivity contribution >= 4 is 16.6 Å². The van der Waals surface area contributed by atoms with Crippen LogP contribution in [-0.2, 0) is 0 Å². The SMILES string of the molecule is Cc1cc(-n2cc(N)cn2)c2ccccc2n1. The van der Waals surface area contributed by atoms with Gasteiger partial charge in [0.2, 0.25) is 0 Å². The Morgan fingerprint density at radius 2 is 2.06 bits per heavy atom. The second-order valence-electron chi connectivity index (χ2n) is 4.02. The molecule has 0 saturated heterocycles. The molecule has 0 amide bonds. The zero-order valence-electron chi connectivity index (χ0n) is 9.46. The first-order valence-electron chi connectivity index (χ1n) is 5.41. The molecule has 0 saturated carbocycles. The topological polar surface area (TPSA) is 56.7 Å². The quantitative estimate of drug-likeness (QED) is 0.690. The fourth-order valence-electron chi connectivity index (χ4n) is 1.94. The van der Waals surface area contributed by atoms with E-state index in [1.54, 1.807) is 17.1 Å². The number of nitrogens with two attached hydrogens (primary N) is 1. The Balaban J connectivity index is 2.35. The molecule has 4 nitrogen and oxygen atoms in total. The Hall–Kier alpha value is -2.36. The number of hydrogen-bond acceptors (Lipinski definition) is 3. The van der Waals surface area contributed by atoms with Crippen LogP contribution < -0.4 is 5.73 Å². The van der Waals surface area contributed by atoms with Gasteiger partial charge in [-0.1, -0.05) is 18.2 Å². The van der Waals surface area contributed by atoms with E-state index in [1.165, 1.54) is 0 Å². The van der Waals surface area contributed by atoms with Crippen LogP contribution in [0.3, 0.4) is 0 Å². The molecule has 2 N–H and O–H groups in total. The van der Waals surface area contributed by atoms with E-state index in [4.69, 9.17) is 5.73 Å². The lowest BCUT2D eigenvalue weighted by molar-refractivity contribution is 0.884. The van der Waals surface area contributed by atoms with Crippen LogP contribution in [0, 0.1) is 6.92 Å². The predicted octanol–water partition coefficient (Wildman–Crippen LogP) is 2.31. The van der Waals surface area contributed by atoms with Crippen molar-refractivity contribution in [3.63, 3.8) is 0 Å². The maximum Gasteiger partial charge on any atom is 0.0758 e. The van der Waals surface area contributed by atoms with Gasteiger partial charge in [0.15, 0.2) is 0 Å². The van der Waals surface area contributed by atoms with Gasteiger partial charge in [-0.05, 0) is 19.1 Å². The third-order valence-electron chi connectivity index (χ3n) is 2.67. The molecule has 0 aliphatic carbocycles. The van der Waals surface area contributed by atoms with E-state index in [0.717, 1.165) is 22.3 Å². The Kier molecular flexibility index (Phi) is 2.08. The molecule has 3 rings (SSSR count). The first-order chi connectivity index (χ1) is 8.24. The first-order valence-corrected chi connectivity index (χ1v) is 5.41. The standard InChI is InChI=1S/C13H12N4/c1-9-6-13(17-8-10(14)7-15-17)11-4-2-3-5-12(11)16-9/h2-8H,14H2,1H3. The zero-order valence-corrected chi connectivity index (χ0v) is 9.46. The summed E-state index contributed by atoms with van der Waals surface area (Å²) < 4.78 is 1.78. The Labute approximate surface area is 98.7 Å². The molecule has 0 fully saturated rings. The number of pyridine rings is 1. The van der Waals surface area contributed by atoms with Gasteiger partial charge in [0.05, 0.1) is 29.3 Å². The summed E-state index contributed by atoms with van der Waals surface area (Å²) in [5, 5.41) is 5.31. The third kappa shape index (κ3) is 1.63. The Bertz CT molecular complexity index is 685. The van der Waals surface area contributed by atoms with Crippen molar-refractivity contribution in [2.24, 2.45) is 0 Å². The molecule has 0 radical (unpaired) electrons. The minimum Gasteiger partial charge on any atom is -0.396 e. The summed E-state index contributed by atoms with van der Waals surface area (Å²) in [5.41, 5.74) is 9.29. The highest BCUT2D eigenvalue weighted by atomic mass is 15.3. The van der Waals surface area contributed by atoms with Crippen LogP contribution in [0.5, 0.6) is 0 Å². The number of aromatic nitrogens is 3. The van der Waals surface area contributed by atoms with Crippen molar-refractivity contribution in [2.45, 2.75) is 6.92 Å². The molecule has 2 heterocycles. The highest BCUT2D eigenvalue weighted by Gasteiger charge is 2.06. The fraction of sp³-hybridized carbons (Fsp3) is 0.0769. The number of para-hydroxylation sites is 1. The molecular weight excluding hydrogens is 212 g/mol. The number of aryl methyl sites for hydroxylation is 1. The Morgan fingerprint density at radius 3 is 2.82 bits per heavy atom. The van der Waals surface area contributed by atoms with Crippen LogP contribution in [0.25, 0.3) is 16.6 Å². The highest BCUT2D eigenvalue weighted by Crippen LogP contribution is 2.21. The number of hydrogen-bond donors (Lipinski definition) is 1. The molecule has 0 bridgehead atoms. The van der Waals surface area contributed by atoms with Crippen molar-refractivity contribution in [2.75, 3.05) is 5.73 Å². The van der Waals surface area contributed by atoms with E-state index in [1.807, 2.05) is 37.3 Å². The van der Waals surface area contributed by atoms with E-state index in [2.05, 4.69) is 10.1 Å². The van der Waals surface area contributed by atoms with Gasteiger partial charge < -0.3 is 5.73 Å². The van der Waals surface area contributed by atoms with Crippen LogP contribution in [0.1, 0.15) is 5.69 Å². The van der Waals surface area contributed by atoms with Gasteiger partial charge in [-0.15, -0.1) is 0 Å². The molecule has 0 atom stereocenters. The summed E-state index contributed by atoms with van der Waals surface area (Å²) in [6.45, 7) is 1.97. The second kappa shape index (κ2) is 3.59. The average molecular weight is 224 g/mol. The van der Waals surface area contributed by atoms with Gasteiger partial charge in [-0.25, -0.2) is 4.68 Å². The molecule has 4 heteroatoms. The van der Waals surface area contributed by atoms with Gasteiger partial charge in [-0.2, -0.15) is 5.10 Å². The van der Waals surface area contributed by atoms with Gasteiger partial charge >= 0.3 is 0 Å². The number of fused-ring (bicyclic) bond motifs is 1. The summed E-state index contributed by atoms with van der Waals surface area (Å²) in [7, 11) is 0. The van der Waals surface area contributed by atoms with Gasteiger partial charge in [0.1, 0.15) is 0 Å². The monoisotopic (exact) mass is 224 g/mol. The predicted molar refractivity (Wildman–Crippen MR) is 68.0 cm³/mol. The van der Waals surface area contributed by atoms with Crippen LogP contribution in [-0.4, -0.2) is 14.8 Å². The first kappa shape index (κ1) is 9.84. The van der Waals surface area contributed by atoms with Crippen molar-refractivity contribution in [3.8, 4) is 5.69 Å². The normalized spacial score (nSPS) is 10.9. The second-order valence-corrected chi connectivity index (χ2v) is 4.02. The molecule has 0 spiro atoms. The van der Waals surface area contributed by atoms with Gasteiger partial charge in [0.25, 0.3) is 0 Å². The number of anilines is 1. The maximum absolute atomic E-state index is 5.70. The number of rotatable bonds is 1. The van der Waals surface area contributed by atoms with Crippen LogP contribution in [0.15, 0.2) is 42.7 Å². The number of nitrogen functional groups attached to an aromatic ring is 1.